The second-order valence-corrected chi connectivity index (χ2v) is 5.74. The van der Waals surface area contributed by atoms with Gasteiger partial charge in [0.2, 0.25) is 0 Å². The van der Waals surface area contributed by atoms with Gasteiger partial charge in [-0.1, -0.05) is 6.92 Å². The summed E-state index contributed by atoms with van der Waals surface area (Å²) in [5.74, 6) is 0.185. The van der Waals surface area contributed by atoms with E-state index in [1.165, 1.54) is 16.8 Å². The van der Waals surface area contributed by atoms with Crippen LogP contribution in [0.1, 0.15) is 23.7 Å². The normalized spacial score (nSPS) is 13.5. The number of hydrogen-bond acceptors (Lipinski definition) is 5. The molecule has 10 heteroatoms. The van der Waals surface area contributed by atoms with E-state index < -0.39 is 11.2 Å². The fourth-order valence-corrected chi connectivity index (χ4v) is 2.55. The lowest BCUT2D eigenvalue weighted by Gasteiger charge is -2.27. The van der Waals surface area contributed by atoms with Crippen molar-refractivity contribution < 1.29 is 4.79 Å². The SMILES string of the molecule is CCCn1c(=O)[nH]c(=O)c2cc(C(=O)NCC3CNC3)cnc21.Cl.Cl. The predicted molar refractivity (Wildman–Crippen MR) is 100 cm³/mol. The summed E-state index contributed by atoms with van der Waals surface area (Å²) in [5, 5.41) is 6.22. The van der Waals surface area contributed by atoms with Gasteiger partial charge in [-0.25, -0.2) is 9.78 Å². The molecule has 3 rings (SSSR count). The van der Waals surface area contributed by atoms with Gasteiger partial charge in [-0.15, -0.1) is 24.8 Å². The molecule has 2 aromatic heterocycles. The molecule has 0 unspecified atom stereocenters. The Labute approximate surface area is 156 Å². The van der Waals surface area contributed by atoms with Crippen LogP contribution in [0.2, 0.25) is 0 Å². The lowest BCUT2D eigenvalue weighted by atomic mass is 10.0. The molecule has 1 fully saturated rings. The van der Waals surface area contributed by atoms with Gasteiger partial charge < -0.3 is 10.6 Å². The highest BCUT2D eigenvalue weighted by atomic mass is 35.5. The number of hydrogen-bond donors (Lipinski definition) is 3. The summed E-state index contributed by atoms with van der Waals surface area (Å²) in [5.41, 5.74) is -0.383. The maximum absolute atomic E-state index is 12.2. The van der Waals surface area contributed by atoms with Gasteiger partial charge in [-0.2, -0.15) is 0 Å². The maximum Gasteiger partial charge on any atom is 0.329 e. The molecule has 1 aliphatic rings. The van der Waals surface area contributed by atoms with Crippen LogP contribution in [-0.2, 0) is 6.54 Å². The maximum atomic E-state index is 12.2. The minimum atomic E-state index is -0.525. The van der Waals surface area contributed by atoms with Crippen LogP contribution in [0.25, 0.3) is 11.0 Å². The van der Waals surface area contributed by atoms with E-state index in [4.69, 9.17) is 0 Å². The average Bonchev–Trinajstić information content (AvgIpc) is 2.49. The molecule has 1 saturated heterocycles. The number of aromatic amines is 1. The summed E-state index contributed by atoms with van der Waals surface area (Å²) in [6.07, 6.45) is 2.14. The molecule has 0 bridgehead atoms. The number of aryl methyl sites for hydroxylation is 1. The highest BCUT2D eigenvalue weighted by Crippen LogP contribution is 2.09. The standard InChI is InChI=1S/C15H19N5O3.2ClH/c1-2-3-20-12-11(14(22)19-15(20)23)4-10(8-17-12)13(21)18-7-9-5-16-6-9;;/h4,8-9,16H,2-3,5-7H2,1H3,(H,18,21)(H,19,22,23);2*1H. The molecule has 1 amide bonds. The third kappa shape index (κ3) is 4.39. The van der Waals surface area contributed by atoms with E-state index in [0.29, 0.717) is 30.2 Å². The summed E-state index contributed by atoms with van der Waals surface area (Å²) >= 11 is 0. The molecule has 0 spiro atoms. The van der Waals surface area contributed by atoms with E-state index >= 15 is 0 Å². The largest absolute Gasteiger partial charge is 0.352 e. The van der Waals surface area contributed by atoms with Crippen LogP contribution < -0.4 is 21.9 Å². The minimum Gasteiger partial charge on any atom is -0.352 e. The first-order chi connectivity index (χ1) is 11.1. The molecule has 0 saturated carbocycles. The van der Waals surface area contributed by atoms with Gasteiger partial charge in [0.05, 0.1) is 10.9 Å². The van der Waals surface area contributed by atoms with E-state index in [0.717, 1.165) is 19.5 Å². The van der Waals surface area contributed by atoms with Gasteiger partial charge in [-0.05, 0) is 12.5 Å². The van der Waals surface area contributed by atoms with Gasteiger partial charge in [0.25, 0.3) is 11.5 Å². The lowest BCUT2D eigenvalue weighted by Crippen LogP contribution is -2.48. The zero-order chi connectivity index (χ0) is 16.4. The molecule has 1 aliphatic heterocycles. The Balaban J connectivity index is 0.00000156. The third-order valence-electron chi connectivity index (χ3n) is 3.96. The number of carbonyl (C=O) groups is 1. The predicted octanol–water partition coefficient (Wildman–Crippen LogP) is 0.288. The number of amides is 1. The third-order valence-corrected chi connectivity index (χ3v) is 3.96. The van der Waals surface area contributed by atoms with Gasteiger partial charge in [-0.3, -0.25) is 19.1 Å². The Hall–Kier alpha value is -1.90. The quantitative estimate of drug-likeness (QED) is 0.680. The van der Waals surface area contributed by atoms with Crippen molar-refractivity contribution >= 4 is 41.8 Å². The molecule has 0 aromatic carbocycles. The summed E-state index contributed by atoms with van der Waals surface area (Å²) in [4.78, 5) is 42.5. The summed E-state index contributed by atoms with van der Waals surface area (Å²) in [6.45, 7) is 4.79. The van der Waals surface area contributed by atoms with Crippen molar-refractivity contribution in [3.63, 3.8) is 0 Å². The van der Waals surface area contributed by atoms with E-state index in [9.17, 15) is 14.4 Å². The molecule has 0 atom stereocenters. The second kappa shape index (κ2) is 8.98. The second-order valence-electron chi connectivity index (χ2n) is 5.74. The van der Waals surface area contributed by atoms with E-state index in [2.05, 4.69) is 20.6 Å². The molecular formula is C15H21Cl2N5O3. The number of halogens is 2. The van der Waals surface area contributed by atoms with Gasteiger partial charge in [0.1, 0.15) is 5.65 Å². The van der Waals surface area contributed by atoms with E-state index in [1.807, 2.05) is 6.92 Å². The first kappa shape index (κ1) is 21.1. The smallest absolute Gasteiger partial charge is 0.329 e. The first-order valence-corrected chi connectivity index (χ1v) is 7.72. The topological polar surface area (TPSA) is 109 Å². The fourth-order valence-electron chi connectivity index (χ4n) is 2.55. The number of aromatic nitrogens is 3. The van der Waals surface area contributed by atoms with Crippen LogP contribution in [0.4, 0.5) is 0 Å². The van der Waals surface area contributed by atoms with Crippen molar-refractivity contribution in [1.82, 2.24) is 25.2 Å². The first-order valence-electron chi connectivity index (χ1n) is 7.72. The van der Waals surface area contributed by atoms with Crippen molar-refractivity contribution in [2.45, 2.75) is 19.9 Å². The Morgan fingerprint density at radius 2 is 2.08 bits per heavy atom. The van der Waals surface area contributed by atoms with Crippen LogP contribution in [-0.4, -0.2) is 40.1 Å². The molecule has 8 nitrogen and oxygen atoms in total. The molecule has 3 N–H and O–H groups in total. The molecule has 3 heterocycles. The fraction of sp³-hybridized carbons (Fsp3) is 0.467. The number of fused-ring (bicyclic) bond motifs is 1. The van der Waals surface area contributed by atoms with Crippen molar-refractivity contribution in [2.24, 2.45) is 5.92 Å². The van der Waals surface area contributed by atoms with Crippen molar-refractivity contribution in [2.75, 3.05) is 19.6 Å². The number of H-pyrrole nitrogens is 1. The molecule has 2 aromatic rings. The molecule has 138 valence electrons. The number of rotatable bonds is 5. The molecule has 25 heavy (non-hydrogen) atoms. The van der Waals surface area contributed by atoms with Crippen LogP contribution in [0.15, 0.2) is 21.9 Å². The zero-order valence-electron chi connectivity index (χ0n) is 13.7. The van der Waals surface area contributed by atoms with Crippen LogP contribution in [0.3, 0.4) is 0 Å². The highest BCUT2D eigenvalue weighted by molar-refractivity contribution is 5.96. The Bertz CT molecular complexity index is 860. The van der Waals surface area contributed by atoms with Crippen molar-refractivity contribution in [1.29, 1.82) is 0 Å². The minimum absolute atomic E-state index is 0. The van der Waals surface area contributed by atoms with E-state index in [-0.39, 0.29) is 36.1 Å². The Kier molecular flexibility index (Phi) is 7.60. The van der Waals surface area contributed by atoms with Gasteiger partial charge in [0.15, 0.2) is 0 Å². The zero-order valence-corrected chi connectivity index (χ0v) is 15.3. The molecular weight excluding hydrogens is 369 g/mol. The average molecular weight is 390 g/mol. The van der Waals surface area contributed by atoms with Crippen molar-refractivity contribution in [3.05, 3.63) is 38.7 Å². The molecule has 0 aliphatic carbocycles. The number of pyridine rings is 1. The van der Waals surface area contributed by atoms with Crippen molar-refractivity contribution in [3.8, 4) is 0 Å². The summed E-state index contributed by atoms with van der Waals surface area (Å²) in [6, 6.07) is 1.49. The monoisotopic (exact) mass is 389 g/mol. The molecule has 0 radical (unpaired) electrons. The van der Waals surface area contributed by atoms with Crippen LogP contribution in [0, 0.1) is 5.92 Å². The van der Waals surface area contributed by atoms with Crippen LogP contribution in [0.5, 0.6) is 0 Å². The lowest BCUT2D eigenvalue weighted by molar-refractivity contribution is 0.0942. The highest BCUT2D eigenvalue weighted by Gasteiger charge is 2.18. The van der Waals surface area contributed by atoms with E-state index in [1.54, 1.807) is 0 Å². The van der Waals surface area contributed by atoms with Gasteiger partial charge >= 0.3 is 5.69 Å². The van der Waals surface area contributed by atoms with Crippen LogP contribution >= 0.6 is 24.8 Å². The van der Waals surface area contributed by atoms with Gasteiger partial charge in [0, 0.05) is 38.3 Å². The Morgan fingerprint density at radius 1 is 1.36 bits per heavy atom. The summed E-state index contributed by atoms with van der Waals surface area (Å²) < 4.78 is 1.42. The number of carbonyl (C=O) groups excluding carboxylic acids is 1. The summed E-state index contributed by atoms with van der Waals surface area (Å²) in [7, 11) is 0. The Morgan fingerprint density at radius 3 is 2.68 bits per heavy atom. The number of nitrogens with one attached hydrogen (secondary N) is 3. The number of nitrogens with zero attached hydrogens (tertiary/aromatic N) is 2.